The minimum absolute atomic E-state index is 0.0500. The van der Waals surface area contributed by atoms with Crippen molar-refractivity contribution < 1.29 is 23.9 Å². The highest BCUT2D eigenvalue weighted by atomic mass is 16.5. The molecule has 0 aromatic heterocycles. The summed E-state index contributed by atoms with van der Waals surface area (Å²) in [6.07, 6.45) is 1.48. The molecule has 7 nitrogen and oxygen atoms in total. The maximum atomic E-state index is 12.2. The Hall–Kier alpha value is -3.61. The van der Waals surface area contributed by atoms with Crippen LogP contribution in [-0.4, -0.2) is 31.5 Å². The molecule has 2 aromatic carbocycles. The Kier molecular flexibility index (Phi) is 7.13. The van der Waals surface area contributed by atoms with E-state index in [4.69, 9.17) is 9.47 Å². The molecule has 0 saturated heterocycles. The molecule has 2 amide bonds. The maximum Gasteiger partial charge on any atom is 0.355 e. The predicted octanol–water partition coefficient (Wildman–Crippen LogP) is 2.35. The molecular formula is C20H20N2O5. The fraction of sp³-hybridized carbons (Fsp3) is 0.150. The molecule has 0 aliphatic heterocycles. The quantitative estimate of drug-likeness (QED) is 0.578. The minimum atomic E-state index is -0.807. The van der Waals surface area contributed by atoms with E-state index in [2.05, 4.69) is 10.6 Å². The van der Waals surface area contributed by atoms with Gasteiger partial charge in [-0.25, -0.2) is 4.79 Å². The van der Waals surface area contributed by atoms with E-state index in [-0.39, 0.29) is 5.70 Å². The molecule has 0 spiro atoms. The lowest BCUT2D eigenvalue weighted by atomic mass is 10.2. The summed E-state index contributed by atoms with van der Waals surface area (Å²) >= 11 is 0. The van der Waals surface area contributed by atoms with Gasteiger partial charge in [0.25, 0.3) is 5.91 Å². The number of rotatable bonds is 7. The Morgan fingerprint density at radius 2 is 1.67 bits per heavy atom. The topological polar surface area (TPSA) is 93.7 Å². The Morgan fingerprint density at radius 1 is 1.00 bits per heavy atom. The van der Waals surface area contributed by atoms with Crippen molar-refractivity contribution in [2.75, 3.05) is 19.0 Å². The van der Waals surface area contributed by atoms with E-state index >= 15 is 0 Å². The number of carbonyl (C=O) groups excluding carboxylic acids is 3. The van der Waals surface area contributed by atoms with E-state index in [1.54, 1.807) is 55.6 Å². The molecule has 0 bridgehead atoms. The number of ether oxygens (including phenoxy) is 2. The van der Waals surface area contributed by atoms with Crippen LogP contribution in [0.25, 0.3) is 6.08 Å². The van der Waals surface area contributed by atoms with Crippen molar-refractivity contribution in [3.05, 3.63) is 65.9 Å². The summed E-state index contributed by atoms with van der Waals surface area (Å²) in [4.78, 5) is 35.5. The average Bonchev–Trinajstić information content (AvgIpc) is 2.66. The first kappa shape index (κ1) is 19.7. The zero-order valence-corrected chi connectivity index (χ0v) is 15.0. The minimum Gasteiger partial charge on any atom is -0.497 e. The zero-order valence-electron chi connectivity index (χ0n) is 15.0. The number of benzene rings is 2. The highest BCUT2D eigenvalue weighted by molar-refractivity contribution is 5.99. The Morgan fingerprint density at radius 3 is 2.26 bits per heavy atom. The van der Waals surface area contributed by atoms with Crippen LogP contribution in [0.15, 0.2) is 60.3 Å². The van der Waals surface area contributed by atoms with Crippen LogP contribution in [0.4, 0.5) is 5.69 Å². The first-order valence-electron chi connectivity index (χ1n) is 8.13. The van der Waals surface area contributed by atoms with Gasteiger partial charge in [-0.2, -0.15) is 0 Å². The molecule has 0 radical (unpaired) electrons. The summed E-state index contributed by atoms with van der Waals surface area (Å²) in [5.41, 5.74) is 1.20. The number of anilines is 1. The van der Waals surface area contributed by atoms with Gasteiger partial charge in [0, 0.05) is 12.6 Å². The van der Waals surface area contributed by atoms with Crippen LogP contribution in [0.3, 0.4) is 0 Å². The average molecular weight is 368 g/mol. The molecule has 2 aromatic rings. The normalized spacial score (nSPS) is 10.7. The van der Waals surface area contributed by atoms with E-state index in [0.29, 0.717) is 17.0 Å². The maximum absolute atomic E-state index is 12.2. The molecule has 0 saturated carbocycles. The summed E-state index contributed by atoms with van der Waals surface area (Å²) in [6.45, 7) is 0.791. The summed E-state index contributed by atoms with van der Waals surface area (Å²) in [5, 5.41) is 5.02. The molecule has 0 unspecified atom stereocenters. The van der Waals surface area contributed by atoms with Gasteiger partial charge in [-0.15, -0.1) is 0 Å². The monoisotopic (exact) mass is 368 g/mol. The van der Waals surface area contributed by atoms with Crippen molar-refractivity contribution in [2.24, 2.45) is 0 Å². The van der Waals surface area contributed by atoms with Crippen LogP contribution in [0.1, 0.15) is 12.5 Å². The molecule has 0 aliphatic carbocycles. The third kappa shape index (κ3) is 6.66. The van der Waals surface area contributed by atoms with Gasteiger partial charge in [-0.3, -0.25) is 9.59 Å². The van der Waals surface area contributed by atoms with Crippen LogP contribution in [0, 0.1) is 0 Å². The van der Waals surface area contributed by atoms with E-state index in [1.807, 2.05) is 6.07 Å². The molecule has 0 atom stereocenters. The molecule has 0 heterocycles. The van der Waals surface area contributed by atoms with Crippen molar-refractivity contribution in [1.82, 2.24) is 5.32 Å². The standard InChI is InChI=1S/C20H20N2O5/c1-14(23)21-18(12-15-6-4-3-5-7-15)20(25)27-13-19(24)22-16-8-10-17(26-2)11-9-16/h3-12H,13H2,1-2H3,(H,21,23)(H,22,24)/b18-12+. The highest BCUT2D eigenvalue weighted by Gasteiger charge is 2.15. The van der Waals surface area contributed by atoms with Gasteiger partial charge < -0.3 is 20.1 Å². The number of hydrogen-bond acceptors (Lipinski definition) is 5. The molecule has 0 fully saturated rings. The van der Waals surface area contributed by atoms with Crippen LogP contribution in [-0.2, 0) is 19.1 Å². The van der Waals surface area contributed by atoms with Gasteiger partial charge >= 0.3 is 5.97 Å². The zero-order chi connectivity index (χ0) is 19.6. The third-order valence-electron chi connectivity index (χ3n) is 3.35. The van der Waals surface area contributed by atoms with Gasteiger partial charge in [0.15, 0.2) is 6.61 Å². The summed E-state index contributed by atoms with van der Waals surface area (Å²) in [5.74, 6) is -1.07. The van der Waals surface area contributed by atoms with Crippen molar-refractivity contribution in [1.29, 1.82) is 0 Å². The predicted molar refractivity (Wildman–Crippen MR) is 101 cm³/mol. The smallest absolute Gasteiger partial charge is 0.355 e. The highest BCUT2D eigenvalue weighted by Crippen LogP contribution is 2.15. The molecule has 140 valence electrons. The number of nitrogens with one attached hydrogen (secondary N) is 2. The SMILES string of the molecule is COc1ccc(NC(=O)COC(=O)/C(=C\c2ccccc2)NC(C)=O)cc1. The van der Waals surface area contributed by atoms with E-state index in [0.717, 1.165) is 0 Å². The van der Waals surface area contributed by atoms with Crippen LogP contribution >= 0.6 is 0 Å². The Labute approximate surface area is 157 Å². The van der Waals surface area contributed by atoms with Crippen molar-refractivity contribution in [3.63, 3.8) is 0 Å². The fourth-order valence-electron chi connectivity index (χ4n) is 2.13. The second-order valence-electron chi connectivity index (χ2n) is 5.50. The third-order valence-corrected chi connectivity index (χ3v) is 3.35. The van der Waals surface area contributed by atoms with Crippen LogP contribution in [0.2, 0.25) is 0 Å². The lowest BCUT2D eigenvalue weighted by Crippen LogP contribution is -2.28. The van der Waals surface area contributed by atoms with E-state index in [9.17, 15) is 14.4 Å². The molecular weight excluding hydrogens is 348 g/mol. The van der Waals surface area contributed by atoms with Gasteiger partial charge in [-0.05, 0) is 35.9 Å². The van der Waals surface area contributed by atoms with Gasteiger partial charge in [0.05, 0.1) is 7.11 Å². The summed E-state index contributed by atoms with van der Waals surface area (Å²) in [6, 6.07) is 15.7. The van der Waals surface area contributed by atoms with E-state index < -0.39 is 24.4 Å². The molecule has 0 aliphatic rings. The fourth-order valence-corrected chi connectivity index (χ4v) is 2.13. The number of amides is 2. The second kappa shape index (κ2) is 9.76. The van der Waals surface area contributed by atoms with Crippen molar-refractivity contribution in [3.8, 4) is 5.75 Å². The van der Waals surface area contributed by atoms with Gasteiger partial charge in [0.1, 0.15) is 11.4 Å². The number of methoxy groups -OCH3 is 1. The number of esters is 1. The lowest BCUT2D eigenvalue weighted by molar-refractivity contribution is -0.144. The number of hydrogen-bond donors (Lipinski definition) is 2. The van der Waals surface area contributed by atoms with Gasteiger partial charge in [-0.1, -0.05) is 30.3 Å². The Bertz CT molecular complexity index is 829. The first-order valence-corrected chi connectivity index (χ1v) is 8.13. The van der Waals surface area contributed by atoms with E-state index in [1.165, 1.54) is 13.0 Å². The van der Waals surface area contributed by atoms with Crippen molar-refractivity contribution in [2.45, 2.75) is 6.92 Å². The largest absolute Gasteiger partial charge is 0.497 e. The molecule has 2 N–H and O–H groups in total. The molecule has 7 heteroatoms. The molecule has 2 rings (SSSR count). The second-order valence-corrected chi connectivity index (χ2v) is 5.50. The summed E-state index contributed by atoms with van der Waals surface area (Å²) in [7, 11) is 1.54. The lowest BCUT2D eigenvalue weighted by Gasteiger charge is -2.10. The molecule has 27 heavy (non-hydrogen) atoms. The Balaban J connectivity index is 1.96. The first-order chi connectivity index (χ1) is 13.0. The number of carbonyl (C=O) groups is 3. The van der Waals surface area contributed by atoms with Gasteiger partial charge in [0.2, 0.25) is 5.91 Å². The summed E-state index contributed by atoms with van der Waals surface area (Å²) < 4.78 is 10.0. The van der Waals surface area contributed by atoms with Crippen LogP contribution in [0.5, 0.6) is 5.75 Å². The van der Waals surface area contributed by atoms with Crippen LogP contribution < -0.4 is 15.4 Å². The van der Waals surface area contributed by atoms with Crippen molar-refractivity contribution >= 4 is 29.5 Å².